The maximum absolute atomic E-state index is 4.81. The summed E-state index contributed by atoms with van der Waals surface area (Å²) in [6, 6.07) is 0.154. The lowest BCUT2D eigenvalue weighted by Gasteiger charge is -2.16. The molecule has 1 N–H and O–H groups in total. The minimum atomic E-state index is 0.154. The van der Waals surface area contributed by atoms with E-state index < -0.39 is 0 Å². The predicted octanol–water partition coefficient (Wildman–Crippen LogP) is 3.40. The van der Waals surface area contributed by atoms with Gasteiger partial charge in [-0.05, 0) is 25.8 Å². The van der Waals surface area contributed by atoms with Gasteiger partial charge in [0, 0.05) is 23.7 Å². The summed E-state index contributed by atoms with van der Waals surface area (Å²) in [5.41, 5.74) is 3.60. The number of rotatable bonds is 6. The Labute approximate surface area is 125 Å². The van der Waals surface area contributed by atoms with Crippen molar-refractivity contribution in [2.75, 3.05) is 6.54 Å². The van der Waals surface area contributed by atoms with Gasteiger partial charge in [-0.3, -0.25) is 4.68 Å². The molecule has 5 heteroatoms. The van der Waals surface area contributed by atoms with Crippen LogP contribution in [0.25, 0.3) is 0 Å². The van der Waals surface area contributed by atoms with Gasteiger partial charge in [-0.2, -0.15) is 5.10 Å². The Morgan fingerprint density at radius 3 is 2.65 bits per heavy atom. The van der Waals surface area contributed by atoms with E-state index in [-0.39, 0.29) is 6.04 Å². The summed E-state index contributed by atoms with van der Waals surface area (Å²) in [4.78, 5) is 4.81. The van der Waals surface area contributed by atoms with Crippen LogP contribution in [0.3, 0.4) is 0 Å². The van der Waals surface area contributed by atoms with Gasteiger partial charge in [-0.15, -0.1) is 11.3 Å². The summed E-state index contributed by atoms with van der Waals surface area (Å²) in [6.07, 6.45) is 3.07. The number of nitrogens with one attached hydrogen (secondary N) is 1. The van der Waals surface area contributed by atoms with E-state index in [9.17, 15) is 0 Å². The van der Waals surface area contributed by atoms with Crippen LogP contribution >= 0.6 is 11.3 Å². The predicted molar refractivity (Wildman–Crippen MR) is 84.3 cm³/mol. The molecule has 0 aliphatic rings. The molecule has 0 spiro atoms. The number of hydrogen-bond acceptors (Lipinski definition) is 4. The maximum atomic E-state index is 4.81. The van der Waals surface area contributed by atoms with E-state index in [4.69, 9.17) is 4.98 Å². The number of thiazole rings is 1. The molecule has 1 atom stereocenters. The number of nitrogens with zero attached hydrogens (tertiary/aromatic N) is 3. The third kappa shape index (κ3) is 3.10. The van der Waals surface area contributed by atoms with Crippen LogP contribution in [0.4, 0.5) is 0 Å². The molecule has 20 heavy (non-hydrogen) atoms. The molecule has 2 rings (SSSR count). The zero-order valence-corrected chi connectivity index (χ0v) is 13.8. The van der Waals surface area contributed by atoms with Crippen molar-refractivity contribution in [3.63, 3.8) is 0 Å². The van der Waals surface area contributed by atoms with E-state index in [0.717, 1.165) is 18.0 Å². The summed E-state index contributed by atoms with van der Waals surface area (Å²) in [7, 11) is 1.98. The molecule has 0 aliphatic carbocycles. The van der Waals surface area contributed by atoms with Crippen molar-refractivity contribution in [3.8, 4) is 0 Å². The second-order valence-electron chi connectivity index (χ2n) is 5.46. The highest BCUT2D eigenvalue weighted by Gasteiger charge is 2.21. The first kappa shape index (κ1) is 15.2. The highest BCUT2D eigenvalue weighted by atomic mass is 32.1. The van der Waals surface area contributed by atoms with Crippen molar-refractivity contribution in [1.82, 2.24) is 20.1 Å². The molecule has 0 aliphatic heterocycles. The fraction of sp³-hybridized carbons (Fsp3) is 0.600. The minimum absolute atomic E-state index is 0.154. The number of hydrogen-bond donors (Lipinski definition) is 1. The summed E-state index contributed by atoms with van der Waals surface area (Å²) >= 11 is 1.74. The highest BCUT2D eigenvalue weighted by Crippen LogP contribution is 2.29. The Balaban J connectivity index is 2.33. The molecule has 0 fully saturated rings. The monoisotopic (exact) mass is 292 g/mol. The van der Waals surface area contributed by atoms with Crippen molar-refractivity contribution in [1.29, 1.82) is 0 Å². The average molecular weight is 292 g/mol. The summed E-state index contributed by atoms with van der Waals surface area (Å²) in [5, 5.41) is 11.3. The molecule has 0 radical (unpaired) electrons. The quantitative estimate of drug-likeness (QED) is 0.887. The third-order valence-electron chi connectivity index (χ3n) is 3.56. The lowest BCUT2D eigenvalue weighted by Crippen LogP contribution is -2.23. The minimum Gasteiger partial charge on any atom is -0.304 e. The average Bonchev–Trinajstić information content (AvgIpc) is 3.01. The van der Waals surface area contributed by atoms with Crippen molar-refractivity contribution >= 4 is 11.3 Å². The molecule has 0 aromatic carbocycles. The fourth-order valence-electron chi connectivity index (χ4n) is 2.12. The van der Waals surface area contributed by atoms with Crippen molar-refractivity contribution in [3.05, 3.63) is 33.5 Å². The fourth-order valence-corrected chi connectivity index (χ4v) is 3.19. The summed E-state index contributed by atoms with van der Waals surface area (Å²) < 4.78 is 1.92. The molecule has 1 unspecified atom stereocenters. The van der Waals surface area contributed by atoms with E-state index in [2.05, 4.69) is 43.5 Å². The topological polar surface area (TPSA) is 42.7 Å². The van der Waals surface area contributed by atoms with E-state index in [1.54, 1.807) is 11.3 Å². The van der Waals surface area contributed by atoms with E-state index in [0.29, 0.717) is 5.92 Å². The second kappa shape index (κ2) is 6.50. The lowest BCUT2D eigenvalue weighted by molar-refractivity contribution is 0.589. The summed E-state index contributed by atoms with van der Waals surface area (Å²) in [5.74, 6) is 0.474. The molecule has 0 saturated carbocycles. The van der Waals surface area contributed by atoms with Gasteiger partial charge < -0.3 is 5.32 Å². The van der Waals surface area contributed by atoms with Crippen LogP contribution in [0.15, 0.2) is 11.6 Å². The van der Waals surface area contributed by atoms with Crippen LogP contribution in [0.5, 0.6) is 0 Å². The first-order valence-electron chi connectivity index (χ1n) is 7.21. The van der Waals surface area contributed by atoms with Crippen LogP contribution in [0, 0.1) is 6.92 Å². The molecule has 4 nitrogen and oxygen atoms in total. The van der Waals surface area contributed by atoms with Gasteiger partial charge in [-0.1, -0.05) is 20.8 Å². The van der Waals surface area contributed by atoms with Gasteiger partial charge in [0.1, 0.15) is 5.01 Å². The highest BCUT2D eigenvalue weighted by molar-refractivity contribution is 7.09. The Hall–Kier alpha value is -1.20. The Bertz CT molecular complexity index is 556. The van der Waals surface area contributed by atoms with Gasteiger partial charge >= 0.3 is 0 Å². The first-order chi connectivity index (χ1) is 9.54. The van der Waals surface area contributed by atoms with Gasteiger partial charge in [0.2, 0.25) is 0 Å². The normalized spacial score (nSPS) is 13.1. The van der Waals surface area contributed by atoms with Crippen LogP contribution in [-0.4, -0.2) is 21.3 Å². The molecule has 2 heterocycles. The zero-order valence-electron chi connectivity index (χ0n) is 13.0. The van der Waals surface area contributed by atoms with Gasteiger partial charge in [-0.25, -0.2) is 4.98 Å². The number of aryl methyl sites for hydroxylation is 1. The molecule has 0 amide bonds. The van der Waals surface area contributed by atoms with Crippen LogP contribution in [-0.2, 0) is 7.05 Å². The van der Waals surface area contributed by atoms with Crippen molar-refractivity contribution < 1.29 is 0 Å². The Kier molecular flexibility index (Phi) is 4.94. The van der Waals surface area contributed by atoms with Gasteiger partial charge in [0.15, 0.2) is 0 Å². The van der Waals surface area contributed by atoms with E-state index in [1.807, 2.05) is 17.9 Å². The van der Waals surface area contributed by atoms with Crippen molar-refractivity contribution in [2.24, 2.45) is 7.05 Å². The van der Waals surface area contributed by atoms with Crippen molar-refractivity contribution in [2.45, 2.75) is 46.1 Å². The Morgan fingerprint density at radius 1 is 1.40 bits per heavy atom. The van der Waals surface area contributed by atoms with Crippen LogP contribution < -0.4 is 5.32 Å². The van der Waals surface area contributed by atoms with E-state index >= 15 is 0 Å². The molecular formula is C15H24N4S. The zero-order chi connectivity index (χ0) is 14.7. The molecule has 0 saturated heterocycles. The SMILES string of the molecule is CCCNC(c1nc(C(C)C)cs1)c1cnn(C)c1C. The molecule has 0 bridgehead atoms. The van der Waals surface area contributed by atoms with Crippen LogP contribution in [0.1, 0.15) is 61.1 Å². The smallest absolute Gasteiger partial charge is 0.115 e. The third-order valence-corrected chi connectivity index (χ3v) is 4.49. The van der Waals surface area contributed by atoms with Gasteiger partial charge in [0.25, 0.3) is 0 Å². The molecular weight excluding hydrogens is 268 g/mol. The molecule has 2 aromatic heterocycles. The maximum Gasteiger partial charge on any atom is 0.115 e. The number of aromatic nitrogens is 3. The lowest BCUT2D eigenvalue weighted by atomic mass is 10.1. The van der Waals surface area contributed by atoms with Crippen LogP contribution in [0.2, 0.25) is 0 Å². The molecule has 2 aromatic rings. The standard InChI is InChI=1S/C15H24N4S/c1-6-7-16-14(12-8-17-19(5)11(12)4)15-18-13(9-20-15)10(2)3/h8-10,14,16H,6-7H2,1-5H3. The molecule has 110 valence electrons. The largest absolute Gasteiger partial charge is 0.304 e. The van der Waals surface area contributed by atoms with Gasteiger partial charge in [0.05, 0.1) is 17.9 Å². The second-order valence-corrected chi connectivity index (χ2v) is 6.35. The first-order valence-corrected chi connectivity index (χ1v) is 8.09. The Morgan fingerprint density at radius 2 is 2.15 bits per heavy atom. The summed E-state index contributed by atoms with van der Waals surface area (Å²) in [6.45, 7) is 9.64. The van der Waals surface area contributed by atoms with E-state index in [1.165, 1.54) is 17.0 Å².